The summed E-state index contributed by atoms with van der Waals surface area (Å²) in [4.78, 5) is 22.5. The van der Waals surface area contributed by atoms with Crippen molar-refractivity contribution in [3.63, 3.8) is 0 Å². The average Bonchev–Trinajstić information content (AvgIpc) is 2.62. The van der Waals surface area contributed by atoms with Gasteiger partial charge in [-0.1, -0.05) is 0 Å². The summed E-state index contributed by atoms with van der Waals surface area (Å²) in [6, 6.07) is 0. The fourth-order valence-electron chi connectivity index (χ4n) is 1.91. The maximum Gasteiger partial charge on any atom is 0.305 e. The van der Waals surface area contributed by atoms with Gasteiger partial charge in [0.1, 0.15) is 6.10 Å². The minimum Gasteiger partial charge on any atom is -0.481 e. The van der Waals surface area contributed by atoms with E-state index in [9.17, 15) is 9.59 Å². The Morgan fingerprint density at radius 2 is 2.12 bits per heavy atom. The lowest BCUT2D eigenvalue weighted by Gasteiger charge is -2.26. The molecule has 17 heavy (non-hydrogen) atoms. The Bertz CT molecular complexity index is 304. The summed E-state index contributed by atoms with van der Waals surface area (Å²) < 4.78 is 5.44. The molecule has 1 aliphatic rings. The van der Waals surface area contributed by atoms with E-state index in [0.29, 0.717) is 13.0 Å². The fourth-order valence-corrected chi connectivity index (χ4v) is 1.91. The van der Waals surface area contributed by atoms with Gasteiger partial charge in [-0.2, -0.15) is 0 Å². The molecule has 98 valence electrons. The van der Waals surface area contributed by atoms with Crippen molar-refractivity contribution in [2.45, 2.75) is 50.9 Å². The molecule has 0 aliphatic carbocycles. The van der Waals surface area contributed by atoms with E-state index in [1.54, 1.807) is 13.8 Å². The molecule has 0 spiro atoms. The number of rotatable bonds is 5. The number of aliphatic carboxylic acids is 1. The molecular weight excluding hydrogens is 224 g/mol. The first-order valence-corrected chi connectivity index (χ1v) is 5.73. The number of nitrogens with two attached hydrogens (primary N) is 1. The van der Waals surface area contributed by atoms with E-state index < -0.39 is 17.6 Å². The van der Waals surface area contributed by atoms with E-state index in [1.807, 2.05) is 0 Å². The monoisotopic (exact) mass is 244 g/mol. The zero-order valence-electron chi connectivity index (χ0n) is 10.2. The molecule has 1 heterocycles. The summed E-state index contributed by atoms with van der Waals surface area (Å²) in [5.74, 6) is -1.20. The zero-order chi connectivity index (χ0) is 13.1. The number of hydrogen-bond acceptors (Lipinski definition) is 4. The molecule has 0 aromatic carbocycles. The molecule has 4 N–H and O–H groups in total. The molecule has 0 saturated carbocycles. The molecule has 1 fully saturated rings. The van der Waals surface area contributed by atoms with Crippen LogP contribution in [0.15, 0.2) is 0 Å². The molecule has 6 heteroatoms. The second kappa shape index (κ2) is 5.46. The van der Waals surface area contributed by atoms with Crippen LogP contribution in [-0.2, 0) is 14.3 Å². The van der Waals surface area contributed by atoms with Crippen LogP contribution in [0, 0.1) is 0 Å². The van der Waals surface area contributed by atoms with Crippen LogP contribution in [0.1, 0.15) is 33.1 Å². The third kappa shape index (κ3) is 4.32. The summed E-state index contributed by atoms with van der Waals surface area (Å²) >= 11 is 0. The molecule has 2 atom stereocenters. The smallest absolute Gasteiger partial charge is 0.305 e. The molecule has 1 aliphatic heterocycles. The number of ether oxygens (including phenoxy) is 1. The zero-order valence-corrected chi connectivity index (χ0v) is 10.2. The highest BCUT2D eigenvalue weighted by molar-refractivity contribution is 5.82. The first kappa shape index (κ1) is 13.9. The number of carbonyl (C=O) groups is 2. The van der Waals surface area contributed by atoms with Gasteiger partial charge in [0.15, 0.2) is 0 Å². The Morgan fingerprint density at radius 3 is 2.59 bits per heavy atom. The van der Waals surface area contributed by atoms with Crippen molar-refractivity contribution < 1.29 is 19.4 Å². The van der Waals surface area contributed by atoms with Gasteiger partial charge in [-0.25, -0.2) is 0 Å². The van der Waals surface area contributed by atoms with Crippen LogP contribution in [0.2, 0.25) is 0 Å². The Labute approximate surface area is 101 Å². The average molecular weight is 244 g/mol. The first-order chi connectivity index (χ1) is 7.84. The second-order valence-corrected chi connectivity index (χ2v) is 5.00. The third-order valence-corrected chi connectivity index (χ3v) is 2.72. The standard InChI is InChI=1S/C11H20N2O4/c1-11(2,5-9(14)15)13-10(16)8-4-3-7(6-12)17-8/h7-8H,3-6,12H2,1-2H3,(H,13,16)(H,14,15). The molecule has 0 bridgehead atoms. The van der Waals surface area contributed by atoms with E-state index in [2.05, 4.69) is 5.32 Å². The number of carboxylic acids is 1. The van der Waals surface area contributed by atoms with E-state index in [4.69, 9.17) is 15.6 Å². The lowest BCUT2D eigenvalue weighted by atomic mass is 10.00. The predicted molar refractivity (Wildman–Crippen MR) is 61.4 cm³/mol. The van der Waals surface area contributed by atoms with Gasteiger partial charge in [-0.15, -0.1) is 0 Å². The van der Waals surface area contributed by atoms with E-state index in [0.717, 1.165) is 6.42 Å². The lowest BCUT2D eigenvalue weighted by molar-refractivity contribution is -0.139. The molecule has 1 saturated heterocycles. The molecule has 1 rings (SSSR count). The molecule has 0 radical (unpaired) electrons. The normalized spacial score (nSPS) is 24.6. The van der Waals surface area contributed by atoms with Gasteiger partial charge in [0.2, 0.25) is 5.91 Å². The summed E-state index contributed by atoms with van der Waals surface area (Å²) in [6.45, 7) is 3.76. The van der Waals surface area contributed by atoms with E-state index in [-0.39, 0.29) is 18.4 Å². The van der Waals surface area contributed by atoms with Crippen molar-refractivity contribution >= 4 is 11.9 Å². The Kier molecular flexibility index (Phi) is 4.47. The highest BCUT2D eigenvalue weighted by Gasteiger charge is 2.33. The number of nitrogens with one attached hydrogen (secondary N) is 1. The number of carboxylic acid groups (broad SMARTS) is 1. The number of carbonyl (C=O) groups excluding carboxylic acids is 1. The van der Waals surface area contributed by atoms with Gasteiger partial charge in [0, 0.05) is 12.1 Å². The lowest BCUT2D eigenvalue weighted by Crippen LogP contribution is -2.49. The highest BCUT2D eigenvalue weighted by Crippen LogP contribution is 2.20. The van der Waals surface area contributed by atoms with Crippen LogP contribution in [0.25, 0.3) is 0 Å². The van der Waals surface area contributed by atoms with Crippen molar-refractivity contribution in [3.8, 4) is 0 Å². The maximum absolute atomic E-state index is 11.8. The molecule has 0 aromatic rings. The number of hydrogen-bond donors (Lipinski definition) is 3. The SMILES string of the molecule is CC(C)(CC(=O)O)NC(=O)C1CCC(CN)O1. The highest BCUT2D eigenvalue weighted by atomic mass is 16.5. The molecule has 1 amide bonds. The van der Waals surface area contributed by atoms with Crippen LogP contribution in [0.5, 0.6) is 0 Å². The number of amides is 1. The van der Waals surface area contributed by atoms with Crippen LogP contribution in [-0.4, -0.2) is 41.3 Å². The van der Waals surface area contributed by atoms with Crippen LogP contribution in [0.4, 0.5) is 0 Å². The second-order valence-electron chi connectivity index (χ2n) is 5.00. The topological polar surface area (TPSA) is 102 Å². The van der Waals surface area contributed by atoms with Crippen molar-refractivity contribution in [1.29, 1.82) is 0 Å². The summed E-state index contributed by atoms with van der Waals surface area (Å²) in [5.41, 5.74) is 4.68. The van der Waals surface area contributed by atoms with Crippen molar-refractivity contribution in [1.82, 2.24) is 5.32 Å². The molecular formula is C11H20N2O4. The minimum absolute atomic E-state index is 0.0617. The Balaban J connectivity index is 2.46. The van der Waals surface area contributed by atoms with E-state index >= 15 is 0 Å². The molecule has 6 nitrogen and oxygen atoms in total. The predicted octanol–water partition coefficient (Wildman–Crippen LogP) is -0.138. The van der Waals surface area contributed by atoms with Gasteiger partial charge in [0.25, 0.3) is 0 Å². The van der Waals surface area contributed by atoms with Gasteiger partial charge in [-0.05, 0) is 26.7 Å². The van der Waals surface area contributed by atoms with Gasteiger partial charge >= 0.3 is 5.97 Å². The van der Waals surface area contributed by atoms with Gasteiger partial charge in [0.05, 0.1) is 12.5 Å². The maximum atomic E-state index is 11.8. The quantitative estimate of drug-likeness (QED) is 0.625. The van der Waals surface area contributed by atoms with Crippen LogP contribution in [0.3, 0.4) is 0 Å². The van der Waals surface area contributed by atoms with Crippen molar-refractivity contribution in [2.75, 3.05) is 6.54 Å². The summed E-state index contributed by atoms with van der Waals surface area (Å²) in [6.07, 6.45) is 0.723. The van der Waals surface area contributed by atoms with E-state index in [1.165, 1.54) is 0 Å². The molecule has 0 aromatic heterocycles. The first-order valence-electron chi connectivity index (χ1n) is 5.73. The largest absolute Gasteiger partial charge is 0.481 e. The Morgan fingerprint density at radius 1 is 1.47 bits per heavy atom. The Hall–Kier alpha value is -1.14. The minimum atomic E-state index is -0.942. The third-order valence-electron chi connectivity index (χ3n) is 2.72. The summed E-state index contributed by atoms with van der Waals surface area (Å²) in [7, 11) is 0. The van der Waals surface area contributed by atoms with Crippen LogP contribution < -0.4 is 11.1 Å². The van der Waals surface area contributed by atoms with Gasteiger partial charge in [-0.3, -0.25) is 9.59 Å². The van der Waals surface area contributed by atoms with Crippen LogP contribution >= 0.6 is 0 Å². The molecule has 2 unspecified atom stereocenters. The van der Waals surface area contributed by atoms with Crippen molar-refractivity contribution in [2.24, 2.45) is 5.73 Å². The fraction of sp³-hybridized carbons (Fsp3) is 0.818. The van der Waals surface area contributed by atoms with Gasteiger partial charge < -0.3 is 20.9 Å². The summed E-state index contributed by atoms with van der Waals surface area (Å²) in [5, 5.41) is 11.4. The van der Waals surface area contributed by atoms with Crippen molar-refractivity contribution in [3.05, 3.63) is 0 Å².